The first kappa shape index (κ1) is 20.5. The largest absolute Gasteiger partial charge is 0.406 e. The molecular formula is C23H25F3N6O3. The summed E-state index contributed by atoms with van der Waals surface area (Å²) in [6.45, 7) is -1.96. The highest BCUT2D eigenvalue weighted by molar-refractivity contribution is 6.03. The van der Waals surface area contributed by atoms with E-state index in [4.69, 9.17) is 4.11 Å². The summed E-state index contributed by atoms with van der Waals surface area (Å²) in [6, 6.07) is 2.70. The Balaban J connectivity index is 1.81. The third-order valence-corrected chi connectivity index (χ3v) is 5.55. The molecule has 3 heterocycles. The van der Waals surface area contributed by atoms with Crippen LogP contribution < -0.4 is 21.5 Å². The zero-order valence-corrected chi connectivity index (χ0v) is 18.7. The number of aryl methyl sites for hydroxylation is 1. The van der Waals surface area contributed by atoms with Gasteiger partial charge in [-0.15, -0.1) is 0 Å². The lowest BCUT2D eigenvalue weighted by Crippen LogP contribution is -2.27. The van der Waals surface area contributed by atoms with Gasteiger partial charge < -0.3 is 25.1 Å². The predicted molar refractivity (Wildman–Crippen MR) is 125 cm³/mol. The van der Waals surface area contributed by atoms with Gasteiger partial charge >= 0.3 is 6.18 Å². The molecule has 0 aromatic carbocycles. The fourth-order valence-electron chi connectivity index (χ4n) is 3.78. The number of hydrogen-bond acceptors (Lipinski definition) is 5. The number of alkyl halides is 3. The smallest absolute Gasteiger partial charge is 0.355 e. The van der Waals surface area contributed by atoms with Crippen molar-refractivity contribution in [1.82, 2.24) is 19.4 Å². The molecule has 0 bridgehead atoms. The van der Waals surface area contributed by atoms with Crippen molar-refractivity contribution in [2.24, 2.45) is 5.92 Å². The molecule has 0 radical (unpaired) electrons. The van der Waals surface area contributed by atoms with Crippen molar-refractivity contribution in [2.75, 3.05) is 17.6 Å². The topological polar surface area (TPSA) is 110 Å². The fraction of sp³-hybridized carbons (Fsp3) is 0.391. The summed E-state index contributed by atoms with van der Waals surface area (Å²) in [5.41, 5.74) is -0.643. The molecule has 0 unspecified atom stereocenters. The van der Waals surface area contributed by atoms with Crippen LogP contribution in [0, 0.1) is 5.92 Å². The van der Waals surface area contributed by atoms with Gasteiger partial charge in [-0.25, -0.2) is 4.98 Å². The van der Waals surface area contributed by atoms with Crippen LogP contribution in [0.3, 0.4) is 0 Å². The van der Waals surface area contributed by atoms with Gasteiger partial charge in [0, 0.05) is 48.2 Å². The van der Waals surface area contributed by atoms with Crippen molar-refractivity contribution in [3.05, 3.63) is 46.6 Å². The second kappa shape index (κ2) is 9.43. The quantitative estimate of drug-likeness (QED) is 0.444. The van der Waals surface area contributed by atoms with Crippen LogP contribution >= 0.6 is 0 Å². The third kappa shape index (κ3) is 5.31. The molecule has 0 spiro atoms. The van der Waals surface area contributed by atoms with E-state index in [1.54, 1.807) is 4.57 Å². The summed E-state index contributed by atoms with van der Waals surface area (Å²) in [5, 5.41) is 7.33. The molecule has 0 aliphatic heterocycles. The summed E-state index contributed by atoms with van der Waals surface area (Å²) in [5.74, 6) is -1.35. The van der Waals surface area contributed by atoms with Crippen molar-refractivity contribution in [3.8, 4) is 0 Å². The van der Waals surface area contributed by atoms with Crippen LogP contribution in [0.15, 0.2) is 35.5 Å². The summed E-state index contributed by atoms with van der Waals surface area (Å²) in [4.78, 5) is 42.1. The molecular weight excluding hydrogens is 465 g/mol. The molecule has 1 aliphatic rings. The maximum absolute atomic E-state index is 13.1. The van der Waals surface area contributed by atoms with Crippen LogP contribution in [0.4, 0.5) is 30.4 Å². The number of carbonyl (C=O) groups excluding carboxylic acids is 2. The molecule has 35 heavy (non-hydrogen) atoms. The van der Waals surface area contributed by atoms with Crippen LogP contribution in [0.5, 0.6) is 0 Å². The van der Waals surface area contributed by atoms with E-state index in [0.29, 0.717) is 23.0 Å². The van der Waals surface area contributed by atoms with Crippen molar-refractivity contribution < 1.29 is 26.9 Å². The van der Waals surface area contributed by atoms with Gasteiger partial charge in [-0.2, -0.15) is 13.2 Å². The highest BCUT2D eigenvalue weighted by atomic mass is 19.4. The van der Waals surface area contributed by atoms with Crippen LogP contribution in [0.25, 0.3) is 10.9 Å². The average molecular weight is 494 g/mol. The number of anilines is 3. The molecule has 1 aliphatic carbocycles. The molecule has 0 atom stereocenters. The molecule has 12 heteroatoms. The molecule has 3 aromatic heterocycles. The van der Waals surface area contributed by atoms with Crippen LogP contribution in [-0.2, 0) is 17.9 Å². The van der Waals surface area contributed by atoms with Gasteiger partial charge in [0.1, 0.15) is 12.4 Å². The van der Waals surface area contributed by atoms with Crippen LogP contribution in [-0.4, -0.2) is 39.1 Å². The molecule has 2 amide bonds. The van der Waals surface area contributed by atoms with Crippen molar-refractivity contribution >= 4 is 39.9 Å². The van der Waals surface area contributed by atoms with E-state index >= 15 is 0 Å². The number of halogens is 3. The van der Waals surface area contributed by atoms with Gasteiger partial charge in [0.15, 0.2) is 0 Å². The van der Waals surface area contributed by atoms with Crippen molar-refractivity contribution in [1.29, 1.82) is 0 Å². The second-order valence-electron chi connectivity index (χ2n) is 8.32. The maximum Gasteiger partial charge on any atom is 0.406 e. The van der Waals surface area contributed by atoms with Gasteiger partial charge in [-0.1, -0.05) is 6.92 Å². The molecule has 0 saturated heterocycles. The lowest BCUT2D eigenvalue weighted by molar-refractivity contribution is -0.141. The lowest BCUT2D eigenvalue weighted by Gasteiger charge is -2.13. The summed E-state index contributed by atoms with van der Waals surface area (Å²) < 4.78 is 63.5. The highest BCUT2D eigenvalue weighted by Gasteiger charge is 2.31. The Kier molecular flexibility index (Phi) is 5.53. The highest BCUT2D eigenvalue weighted by Crippen LogP contribution is 2.32. The Morgan fingerprint density at radius 2 is 2.03 bits per heavy atom. The fourth-order valence-corrected chi connectivity index (χ4v) is 3.78. The third-order valence-electron chi connectivity index (χ3n) is 5.55. The van der Waals surface area contributed by atoms with Gasteiger partial charge in [-0.05, 0) is 25.3 Å². The van der Waals surface area contributed by atoms with E-state index < -0.39 is 31.2 Å². The molecule has 3 aromatic rings. The maximum atomic E-state index is 13.1. The molecule has 4 rings (SSSR count). The minimum Gasteiger partial charge on any atom is -0.355 e. The zero-order valence-electron chi connectivity index (χ0n) is 21.7. The van der Waals surface area contributed by atoms with E-state index in [9.17, 15) is 27.6 Å². The SMILES string of the molecule is [2H]C([2H])([2H])NC(=O)c1cnc(NC(=O)C2CC2)cc1Nc1cn(CCC)c2ccn(CC(F)(F)F)c(=O)c12. The minimum absolute atomic E-state index is 0.00554. The average Bonchev–Trinajstić information content (AvgIpc) is 3.58. The number of fused-ring (bicyclic) bond motifs is 1. The number of pyridine rings is 2. The number of aromatic nitrogens is 3. The van der Waals surface area contributed by atoms with Gasteiger partial charge in [0.25, 0.3) is 11.5 Å². The number of hydrogen-bond donors (Lipinski definition) is 3. The minimum atomic E-state index is -4.63. The van der Waals surface area contributed by atoms with E-state index in [2.05, 4.69) is 15.6 Å². The first-order chi connectivity index (χ1) is 17.8. The first-order valence-corrected chi connectivity index (χ1v) is 10.9. The van der Waals surface area contributed by atoms with Gasteiger partial charge in [0.2, 0.25) is 5.91 Å². The van der Waals surface area contributed by atoms with Crippen molar-refractivity contribution in [3.63, 3.8) is 0 Å². The number of nitrogens with zero attached hydrogens (tertiary/aromatic N) is 3. The predicted octanol–water partition coefficient (Wildman–Crippen LogP) is 3.62. The van der Waals surface area contributed by atoms with E-state index in [0.717, 1.165) is 25.2 Å². The molecule has 1 fully saturated rings. The Hall–Kier alpha value is -3.83. The monoisotopic (exact) mass is 493 g/mol. The number of carbonyl (C=O) groups is 2. The zero-order chi connectivity index (χ0) is 27.8. The van der Waals surface area contributed by atoms with Gasteiger partial charge in [0.05, 0.1) is 27.8 Å². The normalized spacial score (nSPS) is 15.3. The first-order valence-electron chi connectivity index (χ1n) is 12.4. The second-order valence-corrected chi connectivity index (χ2v) is 8.32. The molecule has 1 saturated carbocycles. The Labute approximate surface area is 202 Å². The number of amides is 2. The lowest BCUT2D eigenvalue weighted by atomic mass is 10.2. The Bertz CT molecular complexity index is 1440. The molecule has 9 nitrogen and oxygen atoms in total. The standard InChI is InChI=1S/C23H25F3N6O3/c1-3-7-31-11-16(19-17(31)6-8-32(22(19)35)12-23(24,25)26)29-15-9-18(30-20(33)13-4-5-13)28-10-14(15)21(34)27-2/h6,8-11,13H,3-5,7,12H2,1-2H3,(H,27,34)(H2,28,29,30,33)/i2D3. The van der Waals surface area contributed by atoms with E-state index in [1.165, 1.54) is 18.3 Å². The number of rotatable bonds is 8. The Morgan fingerprint density at radius 3 is 2.69 bits per heavy atom. The summed E-state index contributed by atoms with van der Waals surface area (Å²) >= 11 is 0. The van der Waals surface area contributed by atoms with Crippen LogP contribution in [0.2, 0.25) is 0 Å². The van der Waals surface area contributed by atoms with E-state index in [1.807, 2.05) is 12.2 Å². The van der Waals surface area contributed by atoms with Crippen molar-refractivity contribution in [2.45, 2.75) is 45.5 Å². The summed E-state index contributed by atoms with van der Waals surface area (Å²) in [6.07, 6.45) is 1.17. The molecule has 3 N–H and O–H groups in total. The summed E-state index contributed by atoms with van der Waals surface area (Å²) in [7, 11) is 0. The Morgan fingerprint density at radius 1 is 1.26 bits per heavy atom. The number of nitrogens with one attached hydrogen (secondary N) is 3. The van der Waals surface area contributed by atoms with E-state index in [-0.39, 0.29) is 40.0 Å². The van der Waals surface area contributed by atoms with Crippen LogP contribution in [0.1, 0.15) is 40.7 Å². The molecule has 186 valence electrons. The van der Waals surface area contributed by atoms with Gasteiger partial charge in [-0.3, -0.25) is 14.4 Å².